The molecule has 130 valence electrons. The van der Waals surface area contributed by atoms with Gasteiger partial charge in [0.25, 0.3) is 5.91 Å². The van der Waals surface area contributed by atoms with Gasteiger partial charge in [0.2, 0.25) is 11.8 Å². The largest absolute Gasteiger partial charge is 0.460 e. The quantitative estimate of drug-likeness (QED) is 0.728. The number of morpholine rings is 1. The summed E-state index contributed by atoms with van der Waals surface area (Å²) in [5.41, 5.74) is 1.34. The van der Waals surface area contributed by atoms with Crippen molar-refractivity contribution in [3.8, 4) is 0 Å². The number of fused-ring (bicyclic) bond motifs is 1. The summed E-state index contributed by atoms with van der Waals surface area (Å²) in [6.07, 6.45) is 0.643. The first kappa shape index (κ1) is 15.8. The third-order valence-corrected chi connectivity index (χ3v) is 4.42. The Morgan fingerprint density at radius 1 is 1.28 bits per heavy atom. The normalized spacial score (nSPS) is 18.0. The molecule has 2 aromatic heterocycles. The minimum Gasteiger partial charge on any atom is -0.460 e. The van der Waals surface area contributed by atoms with Crippen LogP contribution in [-0.2, 0) is 11.2 Å². The van der Waals surface area contributed by atoms with Crippen molar-refractivity contribution in [2.24, 2.45) is 0 Å². The molecule has 0 spiro atoms. The van der Waals surface area contributed by atoms with Gasteiger partial charge < -0.3 is 18.5 Å². The first-order valence-electron chi connectivity index (χ1n) is 8.38. The molecule has 0 saturated carbocycles. The Balaban J connectivity index is 1.76. The topological polar surface area (TPSA) is 81.6 Å². The van der Waals surface area contributed by atoms with Crippen molar-refractivity contribution in [3.05, 3.63) is 47.4 Å². The second-order valence-electron chi connectivity index (χ2n) is 6.00. The van der Waals surface area contributed by atoms with Crippen molar-refractivity contribution in [2.45, 2.75) is 26.3 Å². The van der Waals surface area contributed by atoms with Crippen LogP contribution in [0.3, 0.4) is 0 Å². The van der Waals surface area contributed by atoms with Crippen molar-refractivity contribution in [3.63, 3.8) is 0 Å². The van der Waals surface area contributed by atoms with E-state index in [0.29, 0.717) is 49.3 Å². The van der Waals surface area contributed by atoms with E-state index in [1.807, 2.05) is 31.2 Å². The van der Waals surface area contributed by atoms with Crippen LogP contribution in [0.2, 0.25) is 0 Å². The number of benzene rings is 1. The zero-order chi connectivity index (χ0) is 17.4. The van der Waals surface area contributed by atoms with Gasteiger partial charge in [-0.2, -0.15) is 0 Å². The number of amides is 1. The van der Waals surface area contributed by atoms with Crippen LogP contribution in [-0.4, -0.2) is 40.8 Å². The maximum atomic E-state index is 13.4. The fraction of sp³-hybridized carbons (Fsp3) is 0.389. The van der Waals surface area contributed by atoms with Crippen LogP contribution in [0.15, 0.2) is 33.1 Å². The predicted octanol–water partition coefficient (Wildman–Crippen LogP) is 2.90. The summed E-state index contributed by atoms with van der Waals surface area (Å²) >= 11 is 0. The van der Waals surface area contributed by atoms with Gasteiger partial charge in [-0.25, -0.2) is 0 Å². The number of rotatable bonds is 3. The van der Waals surface area contributed by atoms with E-state index < -0.39 is 0 Å². The van der Waals surface area contributed by atoms with Gasteiger partial charge in [0.1, 0.15) is 17.4 Å². The first-order chi connectivity index (χ1) is 12.2. The van der Waals surface area contributed by atoms with E-state index in [-0.39, 0.29) is 11.9 Å². The molecule has 0 bridgehead atoms. The van der Waals surface area contributed by atoms with Crippen LogP contribution < -0.4 is 0 Å². The lowest BCUT2D eigenvalue weighted by molar-refractivity contribution is -0.0106. The Morgan fingerprint density at radius 3 is 2.88 bits per heavy atom. The highest BCUT2D eigenvalue weighted by Gasteiger charge is 2.35. The molecule has 25 heavy (non-hydrogen) atoms. The lowest BCUT2D eigenvalue weighted by Gasteiger charge is -2.33. The smallest absolute Gasteiger partial charge is 0.258 e. The average molecular weight is 341 g/mol. The van der Waals surface area contributed by atoms with Crippen LogP contribution in [0.1, 0.15) is 40.9 Å². The minimum absolute atomic E-state index is 0.0917. The standard InChI is InChI=1S/C18H19N3O4/c1-3-14-16(12-6-4-5-7-15(12)25-14)18(22)21-8-9-23-10-13(21)17-20-19-11(2)24-17/h4-7,13H,3,8-10H2,1-2H3/t13-/m1/s1. The lowest BCUT2D eigenvalue weighted by Crippen LogP contribution is -2.43. The third kappa shape index (κ3) is 2.70. The molecular weight excluding hydrogens is 322 g/mol. The number of ether oxygens (including phenoxy) is 1. The average Bonchev–Trinajstić information content (AvgIpc) is 3.24. The summed E-state index contributed by atoms with van der Waals surface area (Å²) in [6.45, 7) is 4.99. The highest BCUT2D eigenvalue weighted by atomic mass is 16.5. The molecule has 1 aliphatic heterocycles. The molecular formula is C18H19N3O4. The zero-order valence-corrected chi connectivity index (χ0v) is 14.2. The summed E-state index contributed by atoms with van der Waals surface area (Å²) in [6, 6.07) is 7.21. The van der Waals surface area contributed by atoms with Gasteiger partial charge in [0.05, 0.1) is 18.8 Å². The molecule has 7 heteroatoms. The number of furan rings is 1. The molecule has 0 unspecified atom stereocenters. The maximum absolute atomic E-state index is 13.4. The summed E-state index contributed by atoms with van der Waals surface area (Å²) in [7, 11) is 0. The van der Waals surface area contributed by atoms with Crippen LogP contribution >= 0.6 is 0 Å². The summed E-state index contributed by atoms with van der Waals surface area (Å²) in [5.74, 6) is 1.47. The molecule has 7 nitrogen and oxygen atoms in total. The number of aryl methyl sites for hydroxylation is 2. The van der Waals surface area contributed by atoms with E-state index in [9.17, 15) is 4.79 Å². The van der Waals surface area contributed by atoms with Gasteiger partial charge in [0.15, 0.2) is 0 Å². The number of nitrogens with zero attached hydrogens (tertiary/aromatic N) is 3. The predicted molar refractivity (Wildman–Crippen MR) is 89.2 cm³/mol. The number of hydrogen-bond acceptors (Lipinski definition) is 6. The van der Waals surface area contributed by atoms with Crippen molar-refractivity contribution in [1.29, 1.82) is 0 Å². The molecule has 4 rings (SSSR count). The fourth-order valence-corrected chi connectivity index (χ4v) is 3.22. The Morgan fingerprint density at radius 2 is 2.12 bits per heavy atom. The Hall–Kier alpha value is -2.67. The summed E-state index contributed by atoms with van der Waals surface area (Å²) < 4.78 is 17.0. The van der Waals surface area contributed by atoms with E-state index >= 15 is 0 Å². The van der Waals surface area contributed by atoms with E-state index in [2.05, 4.69) is 10.2 Å². The molecule has 3 aromatic rings. The zero-order valence-electron chi connectivity index (χ0n) is 14.2. The molecule has 1 saturated heterocycles. The van der Waals surface area contributed by atoms with Gasteiger partial charge in [-0.05, 0) is 6.07 Å². The molecule has 1 fully saturated rings. The monoisotopic (exact) mass is 341 g/mol. The molecule has 0 aliphatic carbocycles. The van der Waals surface area contributed by atoms with E-state index in [1.54, 1.807) is 11.8 Å². The maximum Gasteiger partial charge on any atom is 0.258 e. The van der Waals surface area contributed by atoms with Crippen LogP contribution in [0.5, 0.6) is 0 Å². The van der Waals surface area contributed by atoms with Crippen molar-refractivity contribution in [2.75, 3.05) is 19.8 Å². The number of carbonyl (C=O) groups is 1. The SMILES string of the molecule is CCc1oc2ccccc2c1C(=O)N1CCOC[C@@H]1c1nnc(C)o1. The van der Waals surface area contributed by atoms with Gasteiger partial charge in [-0.1, -0.05) is 25.1 Å². The van der Waals surface area contributed by atoms with Gasteiger partial charge >= 0.3 is 0 Å². The van der Waals surface area contributed by atoms with E-state index in [1.165, 1.54) is 0 Å². The van der Waals surface area contributed by atoms with E-state index in [4.69, 9.17) is 13.6 Å². The summed E-state index contributed by atoms with van der Waals surface area (Å²) in [5, 5.41) is 8.78. The van der Waals surface area contributed by atoms with Gasteiger partial charge in [0, 0.05) is 25.3 Å². The highest BCUT2D eigenvalue weighted by Crippen LogP contribution is 2.31. The van der Waals surface area contributed by atoms with Gasteiger partial charge in [-0.3, -0.25) is 4.79 Å². The van der Waals surface area contributed by atoms with Crippen LogP contribution in [0.25, 0.3) is 11.0 Å². The van der Waals surface area contributed by atoms with Crippen molar-refractivity contribution in [1.82, 2.24) is 15.1 Å². The second kappa shape index (κ2) is 6.33. The molecule has 1 atom stereocenters. The molecule has 0 radical (unpaired) electrons. The molecule has 3 heterocycles. The number of aromatic nitrogens is 2. The fourth-order valence-electron chi connectivity index (χ4n) is 3.22. The van der Waals surface area contributed by atoms with Crippen molar-refractivity contribution >= 4 is 16.9 Å². The number of hydrogen-bond donors (Lipinski definition) is 0. The Kier molecular flexibility index (Phi) is 4.01. The van der Waals surface area contributed by atoms with E-state index in [0.717, 1.165) is 11.0 Å². The Labute approximate surface area is 144 Å². The number of carbonyl (C=O) groups excluding carboxylic acids is 1. The first-order valence-corrected chi connectivity index (χ1v) is 8.38. The van der Waals surface area contributed by atoms with Gasteiger partial charge in [-0.15, -0.1) is 10.2 Å². The van der Waals surface area contributed by atoms with Crippen molar-refractivity contribution < 1.29 is 18.4 Å². The second-order valence-corrected chi connectivity index (χ2v) is 6.00. The molecule has 1 amide bonds. The summed E-state index contributed by atoms with van der Waals surface area (Å²) in [4.78, 5) is 15.1. The Bertz CT molecular complexity index is 914. The van der Waals surface area contributed by atoms with Crippen LogP contribution in [0.4, 0.5) is 0 Å². The lowest BCUT2D eigenvalue weighted by atomic mass is 10.1. The minimum atomic E-state index is -0.388. The molecule has 1 aliphatic rings. The molecule has 0 N–H and O–H groups in total. The van der Waals surface area contributed by atoms with Crippen LogP contribution in [0, 0.1) is 6.92 Å². The third-order valence-electron chi connectivity index (χ3n) is 4.42. The highest BCUT2D eigenvalue weighted by molar-refractivity contribution is 6.07. The molecule has 1 aromatic carbocycles. The number of para-hydroxylation sites is 1.